The third kappa shape index (κ3) is 3.02. The molecule has 1 aromatic carbocycles. The molecule has 0 saturated carbocycles. The standard InChI is InChI=1S/C22H26N6O2/c1-4-28-15(2)17(11-23-28)21(29)27-13-22(14-27)10-18(26(3)12-22)20-24-19(25-30-20)16-8-6-5-7-9-16/h5-9,11,18H,4,10,12-14H2,1-3H3. The van der Waals surface area contributed by atoms with Crippen molar-refractivity contribution in [1.82, 2.24) is 29.7 Å². The number of hydrogen-bond donors (Lipinski definition) is 0. The van der Waals surface area contributed by atoms with Gasteiger partial charge in [0.05, 0.1) is 17.8 Å². The second-order valence-corrected chi connectivity index (χ2v) is 8.58. The van der Waals surface area contributed by atoms with Crippen molar-refractivity contribution in [2.24, 2.45) is 5.41 Å². The van der Waals surface area contributed by atoms with Crippen LogP contribution in [0.15, 0.2) is 41.1 Å². The first kappa shape index (κ1) is 19.0. The van der Waals surface area contributed by atoms with Gasteiger partial charge in [-0.1, -0.05) is 35.5 Å². The van der Waals surface area contributed by atoms with Gasteiger partial charge in [0.2, 0.25) is 11.7 Å². The van der Waals surface area contributed by atoms with Crippen molar-refractivity contribution in [2.45, 2.75) is 32.9 Å². The topological polar surface area (TPSA) is 80.3 Å². The Morgan fingerprint density at radius 3 is 2.70 bits per heavy atom. The Hall–Kier alpha value is -3.00. The Labute approximate surface area is 175 Å². The molecule has 1 atom stereocenters. The van der Waals surface area contributed by atoms with Crippen molar-refractivity contribution < 1.29 is 9.32 Å². The van der Waals surface area contributed by atoms with Crippen LogP contribution in [-0.4, -0.2) is 62.3 Å². The number of amides is 1. The van der Waals surface area contributed by atoms with Crippen molar-refractivity contribution in [3.05, 3.63) is 53.7 Å². The second-order valence-electron chi connectivity index (χ2n) is 8.58. The fraction of sp³-hybridized carbons (Fsp3) is 0.455. The number of benzene rings is 1. The minimum absolute atomic E-state index is 0.0769. The van der Waals surface area contributed by atoms with Crippen LogP contribution in [0.1, 0.15) is 41.3 Å². The van der Waals surface area contributed by atoms with E-state index in [1.807, 2.05) is 53.8 Å². The maximum atomic E-state index is 12.9. The highest BCUT2D eigenvalue weighted by molar-refractivity contribution is 5.95. The van der Waals surface area contributed by atoms with Crippen LogP contribution in [0.4, 0.5) is 0 Å². The number of likely N-dealkylation sites (tertiary alicyclic amines) is 2. The highest BCUT2D eigenvalue weighted by Gasteiger charge is 2.53. The van der Waals surface area contributed by atoms with Crippen molar-refractivity contribution >= 4 is 5.91 Å². The summed E-state index contributed by atoms with van der Waals surface area (Å²) in [5, 5.41) is 8.48. The first-order chi connectivity index (χ1) is 14.5. The van der Waals surface area contributed by atoms with Crippen LogP contribution in [0.2, 0.25) is 0 Å². The van der Waals surface area contributed by atoms with Gasteiger partial charge in [0.1, 0.15) is 0 Å². The monoisotopic (exact) mass is 406 g/mol. The minimum Gasteiger partial charge on any atom is -0.337 e. The van der Waals surface area contributed by atoms with E-state index >= 15 is 0 Å². The van der Waals surface area contributed by atoms with Gasteiger partial charge < -0.3 is 9.42 Å². The van der Waals surface area contributed by atoms with Gasteiger partial charge in [-0.2, -0.15) is 10.1 Å². The molecule has 8 nitrogen and oxygen atoms in total. The van der Waals surface area contributed by atoms with Gasteiger partial charge in [0, 0.05) is 42.9 Å². The molecule has 2 aliphatic rings. The Morgan fingerprint density at radius 2 is 2.00 bits per heavy atom. The fourth-order valence-corrected chi connectivity index (χ4v) is 4.90. The quantitative estimate of drug-likeness (QED) is 0.663. The van der Waals surface area contributed by atoms with Gasteiger partial charge in [-0.05, 0) is 27.3 Å². The van der Waals surface area contributed by atoms with Crippen LogP contribution in [-0.2, 0) is 6.54 Å². The molecule has 0 radical (unpaired) electrons. The first-order valence-electron chi connectivity index (χ1n) is 10.4. The highest BCUT2D eigenvalue weighted by Crippen LogP contribution is 2.47. The van der Waals surface area contributed by atoms with E-state index in [-0.39, 0.29) is 17.4 Å². The number of carbonyl (C=O) groups excluding carboxylic acids is 1. The zero-order chi connectivity index (χ0) is 20.9. The predicted octanol–water partition coefficient (Wildman–Crippen LogP) is 2.78. The summed E-state index contributed by atoms with van der Waals surface area (Å²) in [6.07, 6.45) is 2.61. The van der Waals surface area contributed by atoms with Crippen molar-refractivity contribution in [3.8, 4) is 11.4 Å². The predicted molar refractivity (Wildman–Crippen MR) is 111 cm³/mol. The van der Waals surface area contributed by atoms with Crippen LogP contribution in [0, 0.1) is 12.3 Å². The van der Waals surface area contributed by atoms with E-state index in [4.69, 9.17) is 4.52 Å². The Bertz CT molecular complexity index is 1070. The fourth-order valence-electron chi connectivity index (χ4n) is 4.90. The minimum atomic E-state index is 0.0769. The van der Waals surface area contributed by atoms with Crippen LogP contribution >= 0.6 is 0 Å². The number of nitrogens with zero attached hydrogens (tertiary/aromatic N) is 6. The molecule has 2 aliphatic heterocycles. The summed E-state index contributed by atoms with van der Waals surface area (Å²) in [5.74, 6) is 1.35. The molecule has 2 saturated heterocycles. The molecule has 2 aromatic heterocycles. The molecular weight excluding hydrogens is 380 g/mol. The van der Waals surface area contributed by atoms with Gasteiger partial charge in [0.25, 0.3) is 5.91 Å². The van der Waals surface area contributed by atoms with Crippen molar-refractivity contribution in [3.63, 3.8) is 0 Å². The highest BCUT2D eigenvalue weighted by atomic mass is 16.5. The lowest BCUT2D eigenvalue weighted by atomic mass is 9.77. The third-order valence-electron chi connectivity index (χ3n) is 6.47. The molecule has 2 fully saturated rings. The van der Waals surface area contributed by atoms with Crippen LogP contribution in [0.5, 0.6) is 0 Å². The molecule has 1 unspecified atom stereocenters. The second kappa shape index (κ2) is 7.05. The van der Waals surface area contributed by atoms with E-state index in [9.17, 15) is 4.79 Å². The molecule has 1 spiro atoms. The zero-order valence-electron chi connectivity index (χ0n) is 17.6. The molecule has 0 aliphatic carbocycles. The number of aromatic nitrogens is 4. The van der Waals surface area contributed by atoms with Gasteiger partial charge >= 0.3 is 0 Å². The van der Waals surface area contributed by atoms with Crippen molar-refractivity contribution in [1.29, 1.82) is 0 Å². The van der Waals surface area contributed by atoms with Crippen LogP contribution in [0.3, 0.4) is 0 Å². The molecule has 1 amide bonds. The molecule has 3 aromatic rings. The Balaban J connectivity index is 1.27. The van der Waals surface area contributed by atoms with E-state index in [1.54, 1.807) is 6.20 Å². The maximum Gasteiger partial charge on any atom is 0.257 e. The average Bonchev–Trinajstić information content (AvgIpc) is 3.43. The summed E-state index contributed by atoms with van der Waals surface area (Å²) in [4.78, 5) is 21.8. The van der Waals surface area contributed by atoms with E-state index in [2.05, 4.69) is 27.2 Å². The summed E-state index contributed by atoms with van der Waals surface area (Å²) >= 11 is 0. The molecule has 5 rings (SSSR count). The van der Waals surface area contributed by atoms with Gasteiger partial charge in [-0.15, -0.1) is 0 Å². The SMILES string of the molecule is CCn1ncc(C(=O)N2CC3(CC(c4nc(-c5ccccc5)no4)N(C)C3)C2)c1C. The molecule has 156 valence electrons. The first-order valence-corrected chi connectivity index (χ1v) is 10.4. The largest absolute Gasteiger partial charge is 0.337 e. The van der Waals surface area contributed by atoms with Gasteiger partial charge in [-0.3, -0.25) is 14.4 Å². The zero-order valence-corrected chi connectivity index (χ0v) is 17.6. The third-order valence-corrected chi connectivity index (χ3v) is 6.47. The summed E-state index contributed by atoms with van der Waals surface area (Å²) in [7, 11) is 2.09. The number of aryl methyl sites for hydroxylation is 1. The van der Waals surface area contributed by atoms with E-state index in [0.717, 1.165) is 43.9 Å². The van der Waals surface area contributed by atoms with E-state index in [1.165, 1.54) is 0 Å². The van der Waals surface area contributed by atoms with Gasteiger partial charge in [-0.25, -0.2) is 0 Å². The number of hydrogen-bond acceptors (Lipinski definition) is 6. The summed E-state index contributed by atoms with van der Waals surface area (Å²) in [6, 6.07) is 9.94. The molecule has 0 bridgehead atoms. The van der Waals surface area contributed by atoms with Gasteiger partial charge in [0.15, 0.2) is 0 Å². The molecular formula is C22H26N6O2. The lowest BCUT2D eigenvalue weighted by Crippen LogP contribution is -2.59. The van der Waals surface area contributed by atoms with E-state index in [0.29, 0.717) is 17.3 Å². The Morgan fingerprint density at radius 1 is 1.23 bits per heavy atom. The van der Waals surface area contributed by atoms with Crippen molar-refractivity contribution in [2.75, 3.05) is 26.7 Å². The molecule has 4 heterocycles. The smallest absolute Gasteiger partial charge is 0.257 e. The summed E-state index contributed by atoms with van der Waals surface area (Å²) < 4.78 is 7.48. The molecule has 8 heteroatoms. The number of carbonyl (C=O) groups is 1. The van der Waals surface area contributed by atoms with Crippen LogP contribution < -0.4 is 0 Å². The summed E-state index contributed by atoms with van der Waals surface area (Å²) in [6.45, 7) is 7.18. The van der Waals surface area contributed by atoms with Crippen LogP contribution in [0.25, 0.3) is 11.4 Å². The lowest BCUT2D eigenvalue weighted by Gasteiger charge is -2.48. The average molecular weight is 406 g/mol. The summed E-state index contributed by atoms with van der Waals surface area (Å²) in [5.41, 5.74) is 2.68. The number of rotatable bonds is 4. The Kier molecular flexibility index (Phi) is 4.47. The van der Waals surface area contributed by atoms with E-state index < -0.39 is 0 Å². The molecule has 30 heavy (non-hydrogen) atoms. The normalized spacial score (nSPS) is 20.6. The lowest BCUT2D eigenvalue weighted by molar-refractivity contribution is 0.0114. The molecule has 0 N–H and O–H groups in total. The maximum absolute atomic E-state index is 12.9.